The zero-order chi connectivity index (χ0) is 23.7. The maximum absolute atomic E-state index is 13.7. The summed E-state index contributed by atoms with van der Waals surface area (Å²) in [6.07, 6.45) is 0. The lowest BCUT2D eigenvalue weighted by Crippen LogP contribution is -2.38. The first-order valence-electron chi connectivity index (χ1n) is 9.87. The number of carbonyl (C=O) groups is 1. The Balaban J connectivity index is 1.96. The number of nitrogens with zero attached hydrogens (tertiary/aromatic N) is 1. The van der Waals surface area contributed by atoms with Crippen LogP contribution in [0.1, 0.15) is 35.8 Å². The van der Waals surface area contributed by atoms with Gasteiger partial charge in [-0.25, -0.2) is 8.78 Å². The topological polar surface area (TPSA) is 98.7 Å². The number of amides is 1. The van der Waals surface area contributed by atoms with E-state index in [0.29, 0.717) is 0 Å². The van der Waals surface area contributed by atoms with Crippen LogP contribution in [0.3, 0.4) is 0 Å². The second kappa shape index (κ2) is 8.78. The molecule has 0 aromatic heterocycles. The molecule has 0 fully saturated rings. The first kappa shape index (κ1) is 22.9. The van der Waals surface area contributed by atoms with E-state index in [2.05, 4.69) is 10.6 Å². The first-order valence-corrected chi connectivity index (χ1v) is 9.87. The summed E-state index contributed by atoms with van der Waals surface area (Å²) in [5.74, 6) is -2.53. The fourth-order valence-electron chi connectivity index (χ4n) is 3.39. The highest BCUT2D eigenvalue weighted by molar-refractivity contribution is 5.99. The monoisotopic (exact) mass is 443 g/mol. The number of benzene rings is 2. The molecule has 0 bridgehead atoms. The third kappa shape index (κ3) is 4.32. The van der Waals surface area contributed by atoms with Crippen molar-refractivity contribution < 1.29 is 18.7 Å². The van der Waals surface area contributed by atoms with Gasteiger partial charge in [-0.15, -0.1) is 0 Å². The van der Waals surface area contributed by atoms with Crippen LogP contribution in [0.2, 0.25) is 0 Å². The molecule has 168 valence electrons. The molecule has 0 heterocycles. The molecular weight excluding hydrogens is 420 g/mol. The predicted molar refractivity (Wildman–Crippen MR) is 118 cm³/mol. The molecule has 3 N–H and O–H groups in total. The van der Waals surface area contributed by atoms with E-state index >= 15 is 0 Å². The van der Waals surface area contributed by atoms with E-state index in [1.165, 1.54) is 37.2 Å². The molecule has 0 aliphatic carbocycles. The Morgan fingerprint density at radius 1 is 1.00 bits per heavy atom. The Morgan fingerprint density at radius 3 is 2.16 bits per heavy atom. The smallest absolute Gasteiger partial charge is 0.257 e. The summed E-state index contributed by atoms with van der Waals surface area (Å²) in [6, 6.07) is 6.78. The largest absolute Gasteiger partial charge is 0.505 e. The Hall–Kier alpha value is -3.75. The number of aromatic hydroxyl groups is 1. The van der Waals surface area contributed by atoms with Crippen molar-refractivity contribution in [3.8, 4) is 5.75 Å². The maximum atomic E-state index is 13.7. The number of hydrogen-bond acceptors (Lipinski definition) is 6. The van der Waals surface area contributed by atoms with Crippen LogP contribution in [0, 0.1) is 17.6 Å². The van der Waals surface area contributed by atoms with Crippen LogP contribution in [0.4, 0.5) is 25.8 Å². The van der Waals surface area contributed by atoms with Gasteiger partial charge < -0.3 is 20.6 Å². The lowest BCUT2D eigenvalue weighted by molar-refractivity contribution is 0.0824. The number of para-hydroxylation sites is 1. The van der Waals surface area contributed by atoms with Crippen LogP contribution < -0.4 is 21.5 Å². The molecule has 0 spiro atoms. The van der Waals surface area contributed by atoms with Gasteiger partial charge >= 0.3 is 0 Å². The average Bonchev–Trinajstić information content (AvgIpc) is 2.72. The summed E-state index contributed by atoms with van der Waals surface area (Å²) in [5, 5.41) is 16.1. The molecule has 0 unspecified atom stereocenters. The average molecular weight is 443 g/mol. The van der Waals surface area contributed by atoms with Crippen molar-refractivity contribution in [1.29, 1.82) is 0 Å². The van der Waals surface area contributed by atoms with Gasteiger partial charge in [0, 0.05) is 20.2 Å². The molecule has 3 rings (SSSR count). The van der Waals surface area contributed by atoms with Crippen LogP contribution >= 0.6 is 0 Å². The van der Waals surface area contributed by atoms with Crippen molar-refractivity contribution in [2.24, 2.45) is 5.92 Å². The number of phenolic OH excluding ortho intramolecular Hbond substituents is 1. The molecule has 3 aromatic rings. The molecule has 32 heavy (non-hydrogen) atoms. The molecule has 9 heteroatoms. The van der Waals surface area contributed by atoms with Gasteiger partial charge in [0.15, 0.2) is 5.75 Å². The highest BCUT2D eigenvalue weighted by Crippen LogP contribution is 2.34. The molecule has 7 nitrogen and oxygen atoms in total. The minimum Gasteiger partial charge on any atom is -0.505 e. The van der Waals surface area contributed by atoms with Crippen molar-refractivity contribution in [2.45, 2.75) is 19.9 Å². The van der Waals surface area contributed by atoms with E-state index in [1.807, 2.05) is 0 Å². The third-order valence-corrected chi connectivity index (χ3v) is 5.05. The van der Waals surface area contributed by atoms with Gasteiger partial charge in [-0.3, -0.25) is 14.4 Å². The van der Waals surface area contributed by atoms with E-state index < -0.39 is 34.4 Å². The van der Waals surface area contributed by atoms with Crippen LogP contribution in [0.5, 0.6) is 5.75 Å². The van der Waals surface area contributed by atoms with E-state index in [4.69, 9.17) is 0 Å². The number of phenols is 1. The van der Waals surface area contributed by atoms with Crippen LogP contribution in [0.15, 0.2) is 46.0 Å². The first-order chi connectivity index (χ1) is 15.0. The van der Waals surface area contributed by atoms with Gasteiger partial charge in [-0.05, 0) is 35.7 Å². The van der Waals surface area contributed by atoms with Crippen LogP contribution in [-0.2, 0) is 0 Å². The van der Waals surface area contributed by atoms with Gasteiger partial charge in [-0.1, -0.05) is 19.9 Å². The van der Waals surface area contributed by atoms with Crippen molar-refractivity contribution >= 4 is 23.0 Å². The zero-order valence-corrected chi connectivity index (χ0v) is 18.0. The quantitative estimate of drug-likeness (QED) is 0.382. The number of hydrogen-bond donors (Lipinski definition) is 3. The number of halogens is 2. The van der Waals surface area contributed by atoms with Crippen molar-refractivity contribution in [3.63, 3.8) is 0 Å². The van der Waals surface area contributed by atoms with Gasteiger partial charge in [0.05, 0.1) is 17.3 Å². The summed E-state index contributed by atoms with van der Waals surface area (Å²) < 4.78 is 27.4. The zero-order valence-electron chi connectivity index (χ0n) is 18.0. The van der Waals surface area contributed by atoms with Gasteiger partial charge in [-0.2, -0.15) is 0 Å². The van der Waals surface area contributed by atoms with E-state index in [9.17, 15) is 28.3 Å². The Morgan fingerprint density at radius 2 is 1.59 bits per heavy atom. The lowest BCUT2D eigenvalue weighted by Gasteiger charge is -2.26. The highest BCUT2D eigenvalue weighted by atomic mass is 19.1. The molecule has 0 aliphatic rings. The minimum atomic E-state index is -0.816. The van der Waals surface area contributed by atoms with Gasteiger partial charge in [0.1, 0.15) is 23.0 Å². The fourth-order valence-corrected chi connectivity index (χ4v) is 3.39. The molecule has 1 atom stereocenters. The Labute approximate surface area is 183 Å². The molecule has 0 saturated carbocycles. The van der Waals surface area contributed by atoms with E-state index in [-0.39, 0.29) is 39.9 Å². The number of rotatable bonds is 7. The Bertz CT molecular complexity index is 1230. The van der Waals surface area contributed by atoms with E-state index in [0.717, 1.165) is 18.2 Å². The summed E-state index contributed by atoms with van der Waals surface area (Å²) in [5.41, 5.74) is -1.43. The standard InChI is InChI=1S/C23H23F2N3O4/c1-11(2)17(12-8-13(24)10-14(25)9-12)27-19-18(21(30)22(19)31)26-16-7-5-6-15(20(16)29)23(32)28(3)4/h5-11,17,26-27,29H,1-4H3/t17-/m1/s1. The van der Waals surface area contributed by atoms with Crippen molar-refractivity contribution in [3.05, 3.63) is 79.6 Å². The van der Waals surface area contributed by atoms with Crippen molar-refractivity contribution in [2.75, 3.05) is 24.7 Å². The second-order valence-corrected chi connectivity index (χ2v) is 8.00. The third-order valence-electron chi connectivity index (χ3n) is 5.05. The summed E-state index contributed by atoms with van der Waals surface area (Å²) in [4.78, 5) is 38.0. The molecule has 0 aliphatic heterocycles. The fraction of sp³-hybridized carbons (Fsp3) is 0.261. The second-order valence-electron chi connectivity index (χ2n) is 8.00. The molecule has 0 saturated heterocycles. The summed E-state index contributed by atoms with van der Waals surface area (Å²) in [7, 11) is 3.06. The summed E-state index contributed by atoms with van der Waals surface area (Å²) in [6.45, 7) is 3.59. The van der Waals surface area contributed by atoms with Crippen LogP contribution in [-0.4, -0.2) is 30.0 Å². The minimum absolute atomic E-state index is 0.0171. The number of carbonyl (C=O) groups excluding carboxylic acids is 1. The van der Waals surface area contributed by atoms with Gasteiger partial charge in [0.25, 0.3) is 16.8 Å². The normalized spacial score (nSPS) is 12.1. The Kier molecular flexibility index (Phi) is 6.29. The molecular formula is C23H23F2N3O4. The lowest BCUT2D eigenvalue weighted by atomic mass is 9.95. The highest BCUT2D eigenvalue weighted by Gasteiger charge is 2.27. The predicted octanol–water partition coefficient (Wildman–Crippen LogP) is 3.52. The summed E-state index contributed by atoms with van der Waals surface area (Å²) >= 11 is 0. The molecule has 3 aromatic carbocycles. The maximum Gasteiger partial charge on any atom is 0.257 e. The number of anilines is 3. The van der Waals surface area contributed by atoms with Crippen LogP contribution in [0.25, 0.3) is 0 Å². The SMILES string of the molecule is CC(C)[C@@H](Nc1c(Nc2cccc(C(=O)N(C)C)c2O)c(=O)c1=O)c1cc(F)cc(F)c1. The van der Waals surface area contributed by atoms with Gasteiger partial charge in [0.2, 0.25) is 0 Å². The number of nitrogens with one attached hydrogen (secondary N) is 2. The molecule has 0 radical (unpaired) electrons. The molecule has 1 amide bonds. The van der Waals surface area contributed by atoms with Crippen molar-refractivity contribution in [1.82, 2.24) is 4.90 Å². The van der Waals surface area contributed by atoms with E-state index in [1.54, 1.807) is 13.8 Å².